The van der Waals surface area contributed by atoms with Crippen LogP contribution in [-0.4, -0.2) is 37.2 Å². The maximum atomic E-state index is 12.8. The summed E-state index contributed by atoms with van der Waals surface area (Å²) in [6.07, 6.45) is 57.0. The maximum absolute atomic E-state index is 12.8. The predicted molar refractivity (Wildman–Crippen MR) is 256 cm³/mol. The summed E-state index contributed by atoms with van der Waals surface area (Å²) in [6.45, 7) is 6.57. The standard InChI is InChI=1S/C54H98O6/c1-4-7-10-13-16-19-22-24-25-26-27-28-30-32-35-38-41-44-47-53(56)59-50-51(49-58-52(55)46-43-40-37-34-31-21-18-15-12-9-6-3)60-54(57)48-45-42-39-36-33-29-23-20-17-14-11-8-5-2/h15,18,21,27-28,31,51H,4-14,16-17,19-20,22-26,29-30,32-50H2,1-3H3/b18-15-,28-27-,31-21-. The van der Waals surface area contributed by atoms with Crippen molar-refractivity contribution in [3.05, 3.63) is 36.5 Å². The molecule has 350 valence electrons. The molecule has 60 heavy (non-hydrogen) atoms. The van der Waals surface area contributed by atoms with Crippen LogP contribution in [0.25, 0.3) is 0 Å². The smallest absolute Gasteiger partial charge is 0.306 e. The molecule has 6 heteroatoms. The average molecular weight is 843 g/mol. The number of rotatable bonds is 47. The lowest BCUT2D eigenvalue weighted by molar-refractivity contribution is -0.167. The van der Waals surface area contributed by atoms with Gasteiger partial charge in [0.05, 0.1) is 0 Å². The fourth-order valence-electron chi connectivity index (χ4n) is 7.41. The molecule has 0 N–H and O–H groups in total. The largest absolute Gasteiger partial charge is 0.462 e. The van der Waals surface area contributed by atoms with Gasteiger partial charge >= 0.3 is 17.9 Å². The second-order valence-electron chi connectivity index (χ2n) is 17.5. The summed E-state index contributed by atoms with van der Waals surface area (Å²) in [7, 11) is 0. The molecule has 1 unspecified atom stereocenters. The van der Waals surface area contributed by atoms with Crippen molar-refractivity contribution in [3.63, 3.8) is 0 Å². The number of esters is 3. The molecule has 0 radical (unpaired) electrons. The molecule has 1 atom stereocenters. The monoisotopic (exact) mass is 843 g/mol. The predicted octanol–water partition coefficient (Wildman–Crippen LogP) is 16.9. The first-order chi connectivity index (χ1) is 29.5. The van der Waals surface area contributed by atoms with Gasteiger partial charge in [0.15, 0.2) is 6.10 Å². The first-order valence-electron chi connectivity index (χ1n) is 26.0. The molecule has 0 aliphatic carbocycles. The van der Waals surface area contributed by atoms with E-state index in [9.17, 15) is 14.4 Å². The minimum absolute atomic E-state index is 0.0823. The Morgan fingerprint density at radius 3 is 1.00 bits per heavy atom. The van der Waals surface area contributed by atoms with Gasteiger partial charge in [0.1, 0.15) is 13.2 Å². The van der Waals surface area contributed by atoms with Crippen LogP contribution < -0.4 is 0 Å². The molecular formula is C54H98O6. The minimum Gasteiger partial charge on any atom is -0.462 e. The van der Waals surface area contributed by atoms with E-state index in [0.29, 0.717) is 19.3 Å². The summed E-state index contributed by atoms with van der Waals surface area (Å²) < 4.78 is 16.8. The normalized spacial score (nSPS) is 12.2. The molecule has 0 aliphatic rings. The van der Waals surface area contributed by atoms with Crippen molar-refractivity contribution in [3.8, 4) is 0 Å². The Labute approximate surface area is 372 Å². The molecule has 0 spiro atoms. The van der Waals surface area contributed by atoms with Crippen LogP contribution in [0.4, 0.5) is 0 Å². The summed E-state index contributed by atoms with van der Waals surface area (Å²) in [5.41, 5.74) is 0. The first-order valence-corrected chi connectivity index (χ1v) is 26.0. The Morgan fingerprint density at radius 2 is 0.617 bits per heavy atom. The van der Waals surface area contributed by atoms with Gasteiger partial charge in [-0.15, -0.1) is 0 Å². The molecule has 0 amide bonds. The van der Waals surface area contributed by atoms with E-state index in [1.54, 1.807) is 0 Å². The van der Waals surface area contributed by atoms with Gasteiger partial charge in [0, 0.05) is 19.3 Å². The van der Waals surface area contributed by atoms with Crippen LogP contribution in [0.2, 0.25) is 0 Å². The Kier molecular flexibility index (Phi) is 47.3. The SMILES string of the molecule is CCCC/C=C\C=C/CCCCCC(=O)OCC(COC(=O)CCCCCCC/C=C\CCCCCCCCCCC)OC(=O)CCCCCCCCCCCCCCC. The second kappa shape index (κ2) is 49.3. The highest BCUT2D eigenvalue weighted by Crippen LogP contribution is 2.15. The highest BCUT2D eigenvalue weighted by atomic mass is 16.6. The fraction of sp³-hybridized carbons (Fsp3) is 0.833. The molecule has 0 aromatic carbocycles. The summed E-state index contributed by atoms with van der Waals surface area (Å²) in [6, 6.07) is 0. The summed E-state index contributed by atoms with van der Waals surface area (Å²) in [5.74, 6) is -0.909. The molecular weight excluding hydrogens is 745 g/mol. The Balaban J connectivity index is 4.34. The topological polar surface area (TPSA) is 78.9 Å². The van der Waals surface area contributed by atoms with Crippen molar-refractivity contribution in [1.29, 1.82) is 0 Å². The Morgan fingerprint density at radius 1 is 0.333 bits per heavy atom. The van der Waals surface area contributed by atoms with Gasteiger partial charge in [-0.1, -0.05) is 224 Å². The van der Waals surface area contributed by atoms with E-state index in [1.165, 1.54) is 154 Å². The molecule has 0 bridgehead atoms. The zero-order valence-electron chi connectivity index (χ0n) is 40.0. The van der Waals surface area contributed by atoms with Crippen LogP contribution in [0.5, 0.6) is 0 Å². The molecule has 0 saturated carbocycles. The fourth-order valence-corrected chi connectivity index (χ4v) is 7.41. The number of hydrogen-bond donors (Lipinski definition) is 0. The average Bonchev–Trinajstić information content (AvgIpc) is 3.24. The van der Waals surface area contributed by atoms with Crippen molar-refractivity contribution in [2.45, 2.75) is 277 Å². The van der Waals surface area contributed by atoms with Gasteiger partial charge in [-0.2, -0.15) is 0 Å². The first kappa shape index (κ1) is 57.6. The van der Waals surface area contributed by atoms with Crippen molar-refractivity contribution in [1.82, 2.24) is 0 Å². The number of carbonyl (C=O) groups excluding carboxylic acids is 3. The van der Waals surface area contributed by atoms with Crippen LogP contribution in [0.3, 0.4) is 0 Å². The van der Waals surface area contributed by atoms with E-state index in [-0.39, 0.29) is 31.1 Å². The van der Waals surface area contributed by atoms with Gasteiger partial charge in [0.25, 0.3) is 0 Å². The minimum atomic E-state index is -0.781. The molecule has 0 heterocycles. The molecule has 0 saturated heterocycles. The number of ether oxygens (including phenoxy) is 3. The van der Waals surface area contributed by atoms with Gasteiger partial charge in [-0.25, -0.2) is 0 Å². The van der Waals surface area contributed by atoms with Crippen LogP contribution in [0.1, 0.15) is 271 Å². The lowest BCUT2D eigenvalue weighted by Crippen LogP contribution is -2.30. The van der Waals surface area contributed by atoms with Crippen molar-refractivity contribution in [2.24, 2.45) is 0 Å². The molecule has 0 aromatic heterocycles. The highest BCUT2D eigenvalue weighted by molar-refractivity contribution is 5.71. The van der Waals surface area contributed by atoms with Crippen molar-refractivity contribution < 1.29 is 28.6 Å². The maximum Gasteiger partial charge on any atom is 0.306 e. The Hall–Kier alpha value is -2.37. The molecule has 0 aromatic rings. The third kappa shape index (κ3) is 46.7. The highest BCUT2D eigenvalue weighted by Gasteiger charge is 2.19. The van der Waals surface area contributed by atoms with Crippen LogP contribution in [0.15, 0.2) is 36.5 Å². The van der Waals surface area contributed by atoms with Gasteiger partial charge in [-0.3, -0.25) is 14.4 Å². The van der Waals surface area contributed by atoms with Crippen LogP contribution in [0, 0.1) is 0 Å². The molecule has 0 aliphatic heterocycles. The van der Waals surface area contributed by atoms with E-state index < -0.39 is 6.10 Å². The van der Waals surface area contributed by atoms with Crippen LogP contribution >= 0.6 is 0 Å². The van der Waals surface area contributed by atoms with E-state index in [2.05, 4.69) is 57.2 Å². The molecule has 0 rings (SSSR count). The molecule has 0 fully saturated rings. The van der Waals surface area contributed by atoms with Gasteiger partial charge < -0.3 is 14.2 Å². The van der Waals surface area contributed by atoms with E-state index in [4.69, 9.17) is 14.2 Å². The third-order valence-electron chi connectivity index (χ3n) is 11.4. The lowest BCUT2D eigenvalue weighted by Gasteiger charge is -2.18. The van der Waals surface area contributed by atoms with Gasteiger partial charge in [0.2, 0.25) is 0 Å². The number of allylic oxidation sites excluding steroid dienone is 6. The van der Waals surface area contributed by atoms with Crippen LogP contribution in [-0.2, 0) is 28.6 Å². The quantitative estimate of drug-likeness (QED) is 0.0200. The summed E-state index contributed by atoms with van der Waals surface area (Å²) in [5, 5.41) is 0. The van der Waals surface area contributed by atoms with Crippen molar-refractivity contribution >= 4 is 17.9 Å². The van der Waals surface area contributed by atoms with E-state index >= 15 is 0 Å². The number of hydrogen-bond acceptors (Lipinski definition) is 6. The summed E-state index contributed by atoms with van der Waals surface area (Å²) >= 11 is 0. The molecule has 6 nitrogen and oxygen atoms in total. The van der Waals surface area contributed by atoms with E-state index in [0.717, 1.165) is 77.0 Å². The van der Waals surface area contributed by atoms with Crippen molar-refractivity contribution in [2.75, 3.05) is 13.2 Å². The number of unbranched alkanes of at least 4 members (excludes halogenated alkanes) is 31. The zero-order valence-corrected chi connectivity index (χ0v) is 40.0. The Bertz CT molecular complexity index is 1020. The second-order valence-corrected chi connectivity index (χ2v) is 17.5. The van der Waals surface area contributed by atoms with Gasteiger partial charge in [-0.05, 0) is 64.2 Å². The number of carbonyl (C=O) groups is 3. The third-order valence-corrected chi connectivity index (χ3v) is 11.4. The lowest BCUT2D eigenvalue weighted by atomic mass is 10.0. The summed E-state index contributed by atoms with van der Waals surface area (Å²) in [4.78, 5) is 37.9. The zero-order chi connectivity index (χ0) is 43.7. The van der Waals surface area contributed by atoms with E-state index in [1.807, 2.05) is 0 Å².